The van der Waals surface area contributed by atoms with E-state index >= 15 is 0 Å². The van der Waals surface area contributed by atoms with E-state index in [2.05, 4.69) is 4.98 Å². The first-order chi connectivity index (χ1) is 5.65. The number of aromatic nitrogens is 1. The number of nitrogens with two attached hydrogens (primary N) is 1. The third kappa shape index (κ3) is 1.87. The van der Waals surface area contributed by atoms with Gasteiger partial charge in [-0.1, -0.05) is 18.5 Å². The van der Waals surface area contributed by atoms with Crippen molar-refractivity contribution < 1.29 is 0 Å². The molecule has 0 amide bonds. The Kier molecular flexibility index (Phi) is 2.89. The van der Waals surface area contributed by atoms with Crippen LogP contribution >= 0.6 is 11.6 Å². The van der Waals surface area contributed by atoms with E-state index < -0.39 is 0 Å². The summed E-state index contributed by atoms with van der Waals surface area (Å²) in [5.74, 6) is 0. The molecule has 0 bridgehead atoms. The van der Waals surface area contributed by atoms with Crippen LogP contribution in [0.15, 0.2) is 16.9 Å². The lowest BCUT2D eigenvalue weighted by molar-refractivity contribution is 0.695. The van der Waals surface area contributed by atoms with Crippen LogP contribution in [-0.2, 0) is 0 Å². The first-order valence-electron chi connectivity index (χ1n) is 3.79. The number of rotatable bonds is 2. The van der Waals surface area contributed by atoms with Crippen LogP contribution in [0.25, 0.3) is 0 Å². The highest BCUT2D eigenvalue weighted by Crippen LogP contribution is 2.18. The van der Waals surface area contributed by atoms with Gasteiger partial charge >= 0.3 is 0 Å². The average Bonchev–Trinajstić information content (AvgIpc) is 2.03. The second kappa shape index (κ2) is 3.74. The molecule has 0 aliphatic carbocycles. The van der Waals surface area contributed by atoms with Crippen LogP contribution in [0.5, 0.6) is 0 Å². The Labute approximate surface area is 75.6 Å². The minimum Gasteiger partial charge on any atom is -0.324 e. The molecule has 12 heavy (non-hydrogen) atoms. The van der Waals surface area contributed by atoms with E-state index in [1.54, 1.807) is 6.07 Å². The van der Waals surface area contributed by atoms with Crippen molar-refractivity contribution in [1.29, 1.82) is 0 Å². The molecule has 1 aromatic rings. The summed E-state index contributed by atoms with van der Waals surface area (Å²) in [6.07, 6.45) is 0.797. The number of H-pyrrole nitrogens is 1. The van der Waals surface area contributed by atoms with Gasteiger partial charge in [-0.05, 0) is 12.5 Å². The molecule has 3 N–H and O–H groups in total. The van der Waals surface area contributed by atoms with E-state index in [0.717, 1.165) is 12.0 Å². The summed E-state index contributed by atoms with van der Waals surface area (Å²) in [5, 5.41) is 0.344. The molecule has 1 rings (SSSR count). The van der Waals surface area contributed by atoms with Crippen molar-refractivity contribution in [2.45, 2.75) is 19.4 Å². The van der Waals surface area contributed by atoms with Crippen molar-refractivity contribution in [2.24, 2.45) is 5.73 Å². The van der Waals surface area contributed by atoms with Crippen molar-refractivity contribution in [3.05, 3.63) is 33.2 Å². The summed E-state index contributed by atoms with van der Waals surface area (Å²) in [6.45, 7) is 1.96. The van der Waals surface area contributed by atoms with Gasteiger partial charge in [0.1, 0.15) is 5.15 Å². The Bertz CT molecular complexity index is 321. The topological polar surface area (TPSA) is 58.9 Å². The number of halogens is 1. The zero-order valence-corrected chi connectivity index (χ0v) is 7.56. The van der Waals surface area contributed by atoms with Crippen LogP contribution in [0, 0.1) is 0 Å². The first kappa shape index (κ1) is 9.29. The molecule has 0 spiro atoms. The van der Waals surface area contributed by atoms with Gasteiger partial charge in [0.05, 0.1) is 0 Å². The Balaban J connectivity index is 3.09. The summed E-state index contributed by atoms with van der Waals surface area (Å²) in [4.78, 5) is 13.3. The molecule has 1 aromatic heterocycles. The maximum absolute atomic E-state index is 10.8. The molecule has 0 fully saturated rings. The van der Waals surface area contributed by atoms with Gasteiger partial charge < -0.3 is 10.7 Å². The van der Waals surface area contributed by atoms with Crippen molar-refractivity contribution in [3.8, 4) is 0 Å². The Hall–Kier alpha value is -0.800. The molecule has 1 atom stereocenters. The highest BCUT2D eigenvalue weighted by Gasteiger charge is 2.07. The number of aromatic amines is 1. The monoisotopic (exact) mass is 186 g/mol. The number of hydrogen-bond donors (Lipinski definition) is 2. The number of pyridine rings is 1. The molecular weight excluding hydrogens is 176 g/mol. The lowest BCUT2D eigenvalue weighted by atomic mass is 10.1. The average molecular weight is 187 g/mol. The number of hydrogen-bond acceptors (Lipinski definition) is 2. The molecule has 0 radical (unpaired) electrons. The van der Waals surface area contributed by atoms with Gasteiger partial charge in [0, 0.05) is 17.7 Å². The molecule has 0 saturated heterocycles. The molecule has 0 aliphatic rings. The molecule has 1 heterocycles. The van der Waals surface area contributed by atoms with E-state index in [4.69, 9.17) is 17.3 Å². The van der Waals surface area contributed by atoms with Crippen LogP contribution in [0.1, 0.15) is 24.9 Å². The Morgan fingerprint density at radius 1 is 1.67 bits per heavy atom. The molecule has 66 valence electrons. The summed E-state index contributed by atoms with van der Waals surface area (Å²) in [6, 6.07) is 2.99. The Morgan fingerprint density at radius 2 is 2.33 bits per heavy atom. The predicted octanol–water partition coefficient (Wildman–Crippen LogP) is 1.44. The third-order valence-corrected chi connectivity index (χ3v) is 2.05. The van der Waals surface area contributed by atoms with Gasteiger partial charge in [-0.25, -0.2) is 0 Å². The zero-order chi connectivity index (χ0) is 9.14. The standard InChI is InChI=1S/C8H11ClN2O/c1-2-6(10)5-3-4-7(12)11-8(5)9/h3-4,6H,2,10H2,1H3,(H,11,12). The van der Waals surface area contributed by atoms with Gasteiger partial charge in [-0.15, -0.1) is 0 Å². The molecule has 1 unspecified atom stereocenters. The van der Waals surface area contributed by atoms with Gasteiger partial charge in [-0.3, -0.25) is 4.79 Å². The normalized spacial score (nSPS) is 12.9. The maximum Gasteiger partial charge on any atom is 0.249 e. The first-order valence-corrected chi connectivity index (χ1v) is 4.17. The SMILES string of the molecule is CCC(N)c1ccc(=O)[nH]c1Cl. The molecule has 3 nitrogen and oxygen atoms in total. The summed E-state index contributed by atoms with van der Waals surface area (Å²) < 4.78 is 0. The fourth-order valence-corrected chi connectivity index (χ4v) is 1.26. The van der Waals surface area contributed by atoms with Crippen molar-refractivity contribution in [2.75, 3.05) is 0 Å². The highest BCUT2D eigenvalue weighted by atomic mass is 35.5. The van der Waals surface area contributed by atoms with Gasteiger partial charge in [0.25, 0.3) is 0 Å². The van der Waals surface area contributed by atoms with Crippen LogP contribution in [0.4, 0.5) is 0 Å². The smallest absolute Gasteiger partial charge is 0.249 e. The second-order valence-electron chi connectivity index (χ2n) is 2.61. The van der Waals surface area contributed by atoms with Gasteiger partial charge in [0.2, 0.25) is 5.56 Å². The largest absolute Gasteiger partial charge is 0.324 e. The van der Waals surface area contributed by atoms with Crippen molar-refractivity contribution in [1.82, 2.24) is 4.98 Å². The molecule has 0 aromatic carbocycles. The molecule has 4 heteroatoms. The lowest BCUT2D eigenvalue weighted by Gasteiger charge is -2.09. The predicted molar refractivity (Wildman–Crippen MR) is 49.3 cm³/mol. The second-order valence-corrected chi connectivity index (χ2v) is 2.98. The lowest BCUT2D eigenvalue weighted by Crippen LogP contribution is -2.13. The van der Waals surface area contributed by atoms with E-state index in [9.17, 15) is 4.79 Å². The van der Waals surface area contributed by atoms with Gasteiger partial charge in [-0.2, -0.15) is 0 Å². The van der Waals surface area contributed by atoms with E-state index in [0.29, 0.717) is 5.15 Å². The highest BCUT2D eigenvalue weighted by molar-refractivity contribution is 6.30. The fourth-order valence-electron chi connectivity index (χ4n) is 0.967. The van der Waals surface area contributed by atoms with Crippen LogP contribution in [-0.4, -0.2) is 4.98 Å². The fraction of sp³-hybridized carbons (Fsp3) is 0.375. The maximum atomic E-state index is 10.8. The minimum atomic E-state index is -0.202. The summed E-state index contributed by atoms with van der Waals surface area (Å²) >= 11 is 5.77. The van der Waals surface area contributed by atoms with Crippen molar-refractivity contribution >= 4 is 11.6 Å². The zero-order valence-electron chi connectivity index (χ0n) is 6.80. The van der Waals surface area contributed by atoms with E-state index in [-0.39, 0.29) is 11.6 Å². The number of nitrogens with one attached hydrogen (secondary N) is 1. The van der Waals surface area contributed by atoms with Crippen LogP contribution in [0.3, 0.4) is 0 Å². The molecule has 0 aliphatic heterocycles. The van der Waals surface area contributed by atoms with Crippen molar-refractivity contribution in [3.63, 3.8) is 0 Å². The summed E-state index contributed by atoms with van der Waals surface area (Å²) in [7, 11) is 0. The van der Waals surface area contributed by atoms with Crippen LogP contribution < -0.4 is 11.3 Å². The van der Waals surface area contributed by atoms with E-state index in [1.807, 2.05) is 6.92 Å². The van der Waals surface area contributed by atoms with Crippen LogP contribution in [0.2, 0.25) is 5.15 Å². The van der Waals surface area contributed by atoms with Gasteiger partial charge in [0.15, 0.2) is 0 Å². The third-order valence-electron chi connectivity index (χ3n) is 1.74. The quantitative estimate of drug-likeness (QED) is 0.687. The summed E-state index contributed by atoms with van der Waals surface area (Å²) in [5.41, 5.74) is 6.33. The Morgan fingerprint density at radius 3 is 2.83 bits per heavy atom. The molecular formula is C8H11ClN2O. The minimum absolute atomic E-state index is 0.102. The van der Waals surface area contributed by atoms with E-state index in [1.165, 1.54) is 6.07 Å². The molecule has 0 saturated carbocycles.